The standard InChI is InChI=1S/C11H11ClN2/c12-7-6-10-8-13-11(14-10)9-4-2-1-3-5-9/h1-5,8H,6-7H2,(H,13,14). The molecule has 1 aromatic carbocycles. The Kier molecular flexibility index (Phi) is 2.84. The molecule has 1 heterocycles. The average molecular weight is 207 g/mol. The van der Waals surface area contributed by atoms with Crippen molar-refractivity contribution in [3.8, 4) is 11.4 Å². The van der Waals surface area contributed by atoms with Gasteiger partial charge in [0.2, 0.25) is 0 Å². The number of nitrogens with one attached hydrogen (secondary N) is 1. The van der Waals surface area contributed by atoms with Gasteiger partial charge in [-0.15, -0.1) is 11.6 Å². The van der Waals surface area contributed by atoms with E-state index < -0.39 is 0 Å². The fraction of sp³-hybridized carbons (Fsp3) is 0.182. The molecule has 0 unspecified atom stereocenters. The van der Waals surface area contributed by atoms with Crippen molar-refractivity contribution in [2.45, 2.75) is 6.42 Å². The summed E-state index contributed by atoms with van der Waals surface area (Å²) in [6, 6.07) is 10.1. The summed E-state index contributed by atoms with van der Waals surface area (Å²) in [5, 5.41) is 0. The minimum atomic E-state index is 0.621. The minimum absolute atomic E-state index is 0.621. The summed E-state index contributed by atoms with van der Waals surface area (Å²) >= 11 is 5.64. The van der Waals surface area contributed by atoms with E-state index in [2.05, 4.69) is 9.97 Å². The second-order valence-electron chi connectivity index (χ2n) is 3.06. The first kappa shape index (κ1) is 9.28. The molecule has 2 nitrogen and oxygen atoms in total. The van der Waals surface area contributed by atoms with E-state index in [1.165, 1.54) is 0 Å². The topological polar surface area (TPSA) is 28.7 Å². The van der Waals surface area contributed by atoms with E-state index >= 15 is 0 Å². The van der Waals surface area contributed by atoms with Gasteiger partial charge >= 0.3 is 0 Å². The van der Waals surface area contributed by atoms with Crippen molar-refractivity contribution < 1.29 is 0 Å². The summed E-state index contributed by atoms with van der Waals surface area (Å²) in [4.78, 5) is 7.53. The lowest BCUT2D eigenvalue weighted by atomic mass is 10.2. The van der Waals surface area contributed by atoms with Crippen molar-refractivity contribution in [1.82, 2.24) is 9.97 Å². The van der Waals surface area contributed by atoms with Crippen molar-refractivity contribution in [1.29, 1.82) is 0 Å². The third kappa shape index (κ3) is 1.96. The van der Waals surface area contributed by atoms with Gasteiger partial charge in [-0.3, -0.25) is 0 Å². The van der Waals surface area contributed by atoms with E-state index in [1.54, 1.807) is 0 Å². The highest BCUT2D eigenvalue weighted by atomic mass is 35.5. The molecule has 0 bridgehead atoms. The van der Waals surface area contributed by atoms with E-state index in [0.29, 0.717) is 5.88 Å². The number of aromatic amines is 1. The van der Waals surface area contributed by atoms with Gasteiger partial charge in [-0.25, -0.2) is 4.98 Å². The summed E-state index contributed by atoms with van der Waals surface area (Å²) in [6.45, 7) is 0. The molecule has 0 aliphatic heterocycles. The maximum atomic E-state index is 5.64. The van der Waals surface area contributed by atoms with Gasteiger partial charge in [0.15, 0.2) is 0 Å². The van der Waals surface area contributed by atoms with Crippen LogP contribution in [0.4, 0.5) is 0 Å². The summed E-state index contributed by atoms with van der Waals surface area (Å²) in [6.07, 6.45) is 2.67. The van der Waals surface area contributed by atoms with E-state index in [1.807, 2.05) is 36.5 Å². The highest BCUT2D eigenvalue weighted by Crippen LogP contribution is 2.14. The Labute approximate surface area is 88.0 Å². The molecule has 0 radical (unpaired) electrons. The zero-order chi connectivity index (χ0) is 9.80. The van der Waals surface area contributed by atoms with Crippen LogP contribution in [0.2, 0.25) is 0 Å². The Balaban J connectivity index is 2.25. The molecule has 1 aromatic heterocycles. The minimum Gasteiger partial charge on any atom is -0.342 e. The Hall–Kier alpha value is -1.28. The predicted molar refractivity (Wildman–Crippen MR) is 58.4 cm³/mol. The molecule has 2 rings (SSSR count). The highest BCUT2D eigenvalue weighted by Gasteiger charge is 2.01. The molecule has 72 valence electrons. The normalized spacial score (nSPS) is 10.4. The van der Waals surface area contributed by atoms with Crippen LogP contribution < -0.4 is 0 Å². The highest BCUT2D eigenvalue weighted by molar-refractivity contribution is 6.17. The van der Waals surface area contributed by atoms with Crippen LogP contribution in [0.15, 0.2) is 36.5 Å². The lowest BCUT2D eigenvalue weighted by molar-refractivity contribution is 1.07. The first-order valence-electron chi connectivity index (χ1n) is 4.55. The van der Waals surface area contributed by atoms with Crippen LogP contribution in [0.1, 0.15) is 5.69 Å². The number of hydrogen-bond acceptors (Lipinski definition) is 1. The number of aromatic nitrogens is 2. The second-order valence-corrected chi connectivity index (χ2v) is 3.44. The molecule has 0 aliphatic carbocycles. The molecule has 0 amide bonds. The van der Waals surface area contributed by atoms with Crippen molar-refractivity contribution >= 4 is 11.6 Å². The van der Waals surface area contributed by atoms with Gasteiger partial charge in [0.25, 0.3) is 0 Å². The second kappa shape index (κ2) is 4.29. The zero-order valence-corrected chi connectivity index (χ0v) is 8.46. The number of rotatable bonds is 3. The van der Waals surface area contributed by atoms with Crippen LogP contribution in [0.25, 0.3) is 11.4 Å². The average Bonchev–Trinajstić information content (AvgIpc) is 2.68. The van der Waals surface area contributed by atoms with Gasteiger partial charge in [-0.2, -0.15) is 0 Å². The van der Waals surface area contributed by atoms with Crippen molar-refractivity contribution in [2.24, 2.45) is 0 Å². The Bertz CT molecular complexity index is 395. The molecule has 0 aliphatic rings. The maximum absolute atomic E-state index is 5.64. The van der Waals surface area contributed by atoms with Crippen LogP contribution in [-0.2, 0) is 6.42 Å². The number of imidazole rings is 1. The third-order valence-electron chi connectivity index (χ3n) is 2.04. The van der Waals surface area contributed by atoms with E-state index in [4.69, 9.17) is 11.6 Å². The van der Waals surface area contributed by atoms with Gasteiger partial charge in [0, 0.05) is 29.8 Å². The molecule has 0 atom stereocenters. The van der Waals surface area contributed by atoms with Crippen LogP contribution in [-0.4, -0.2) is 15.8 Å². The molecule has 0 saturated carbocycles. The maximum Gasteiger partial charge on any atom is 0.137 e. The van der Waals surface area contributed by atoms with Crippen LogP contribution in [0, 0.1) is 0 Å². The molecule has 2 aromatic rings. The molecule has 1 N–H and O–H groups in total. The molecular weight excluding hydrogens is 196 g/mol. The summed E-state index contributed by atoms with van der Waals surface area (Å²) in [5.41, 5.74) is 2.19. The third-order valence-corrected chi connectivity index (χ3v) is 2.23. The predicted octanol–water partition coefficient (Wildman–Crippen LogP) is 2.86. The SMILES string of the molecule is ClCCc1cnc(-c2ccccc2)[nH]1. The van der Waals surface area contributed by atoms with Crippen LogP contribution >= 0.6 is 11.6 Å². The van der Waals surface area contributed by atoms with E-state index in [0.717, 1.165) is 23.5 Å². The molecule has 0 spiro atoms. The van der Waals surface area contributed by atoms with Crippen LogP contribution in [0.3, 0.4) is 0 Å². The number of hydrogen-bond donors (Lipinski definition) is 1. The van der Waals surface area contributed by atoms with Crippen molar-refractivity contribution in [3.05, 3.63) is 42.2 Å². The number of benzene rings is 1. The van der Waals surface area contributed by atoms with Gasteiger partial charge < -0.3 is 4.98 Å². The lowest BCUT2D eigenvalue weighted by Crippen LogP contribution is -1.85. The van der Waals surface area contributed by atoms with Crippen molar-refractivity contribution in [2.75, 3.05) is 5.88 Å². The van der Waals surface area contributed by atoms with Gasteiger partial charge in [0.05, 0.1) is 0 Å². The first-order valence-corrected chi connectivity index (χ1v) is 5.09. The Morgan fingerprint density at radius 2 is 2.00 bits per heavy atom. The smallest absolute Gasteiger partial charge is 0.137 e. The fourth-order valence-corrected chi connectivity index (χ4v) is 1.53. The zero-order valence-electron chi connectivity index (χ0n) is 7.70. The number of nitrogens with zero attached hydrogens (tertiary/aromatic N) is 1. The van der Waals surface area contributed by atoms with Gasteiger partial charge in [-0.05, 0) is 0 Å². The molecule has 0 saturated heterocycles. The number of alkyl halides is 1. The quantitative estimate of drug-likeness (QED) is 0.769. The Morgan fingerprint density at radius 1 is 1.21 bits per heavy atom. The molecule has 0 fully saturated rings. The lowest BCUT2D eigenvalue weighted by Gasteiger charge is -1.94. The summed E-state index contributed by atoms with van der Waals surface area (Å²) in [5.74, 6) is 1.53. The number of halogens is 1. The summed E-state index contributed by atoms with van der Waals surface area (Å²) < 4.78 is 0. The molecule has 14 heavy (non-hydrogen) atoms. The van der Waals surface area contributed by atoms with Gasteiger partial charge in [-0.1, -0.05) is 30.3 Å². The molecular formula is C11H11ClN2. The largest absolute Gasteiger partial charge is 0.342 e. The fourth-order valence-electron chi connectivity index (χ4n) is 1.33. The number of aryl methyl sites for hydroxylation is 1. The van der Waals surface area contributed by atoms with Gasteiger partial charge in [0.1, 0.15) is 5.82 Å². The summed E-state index contributed by atoms with van der Waals surface area (Å²) in [7, 11) is 0. The monoisotopic (exact) mass is 206 g/mol. The van der Waals surface area contributed by atoms with Crippen LogP contribution in [0.5, 0.6) is 0 Å². The van der Waals surface area contributed by atoms with Crippen molar-refractivity contribution in [3.63, 3.8) is 0 Å². The van der Waals surface area contributed by atoms with E-state index in [9.17, 15) is 0 Å². The Morgan fingerprint density at radius 3 is 2.71 bits per heavy atom. The molecule has 3 heteroatoms. The van der Waals surface area contributed by atoms with E-state index in [-0.39, 0.29) is 0 Å². The number of H-pyrrole nitrogens is 1. The first-order chi connectivity index (χ1) is 6.90.